The van der Waals surface area contributed by atoms with Crippen molar-refractivity contribution in [3.63, 3.8) is 0 Å². The molecule has 0 saturated carbocycles. The van der Waals surface area contributed by atoms with Gasteiger partial charge in [-0.05, 0) is 12.1 Å². The molecule has 1 aromatic rings. The van der Waals surface area contributed by atoms with Gasteiger partial charge in [-0.1, -0.05) is 12.2 Å². The number of rotatable bonds is 6. The second-order valence-corrected chi connectivity index (χ2v) is 4.86. The van der Waals surface area contributed by atoms with Crippen LogP contribution < -0.4 is 19.9 Å². The highest BCUT2D eigenvalue weighted by Crippen LogP contribution is 2.34. The Morgan fingerprint density at radius 1 is 1.45 bits per heavy atom. The molecule has 1 aliphatic heterocycles. The van der Waals surface area contributed by atoms with Crippen molar-refractivity contribution in [3.8, 4) is 17.2 Å². The van der Waals surface area contributed by atoms with Gasteiger partial charge < -0.3 is 24.8 Å². The molecule has 0 bridgehead atoms. The summed E-state index contributed by atoms with van der Waals surface area (Å²) in [5.41, 5.74) is 5.39. The van der Waals surface area contributed by atoms with Gasteiger partial charge in [0.25, 0.3) is 5.91 Å². The van der Waals surface area contributed by atoms with Crippen LogP contribution in [-0.2, 0) is 4.79 Å². The van der Waals surface area contributed by atoms with E-state index in [9.17, 15) is 4.79 Å². The average Bonchev–Trinajstić information content (AvgIpc) is 2.89. The topological polar surface area (TPSA) is 74.0 Å². The molecule has 0 spiro atoms. The zero-order valence-electron chi connectivity index (χ0n) is 11.1. The van der Waals surface area contributed by atoms with E-state index in [0.29, 0.717) is 35.2 Å². The number of fused-ring (bicyclic) bond motifs is 1. The molecule has 0 atom stereocenters. The molecule has 1 heterocycles. The summed E-state index contributed by atoms with van der Waals surface area (Å²) in [7, 11) is 1.68. The van der Waals surface area contributed by atoms with Crippen LogP contribution >= 0.6 is 12.2 Å². The predicted octanol–water partition coefficient (Wildman–Crippen LogP) is 0.929. The number of nitrogens with two attached hydrogens (primary N) is 1. The molecule has 2 N–H and O–H groups in total. The first-order valence-corrected chi connectivity index (χ1v) is 6.52. The van der Waals surface area contributed by atoms with Crippen molar-refractivity contribution in [2.45, 2.75) is 6.42 Å². The quantitative estimate of drug-likeness (QED) is 0.787. The molecule has 0 aromatic heterocycles. The monoisotopic (exact) mass is 296 g/mol. The summed E-state index contributed by atoms with van der Waals surface area (Å²) in [4.78, 5) is 13.7. The Bertz CT molecular complexity index is 521. The van der Waals surface area contributed by atoms with E-state index in [1.807, 2.05) is 0 Å². The number of nitrogens with zero attached hydrogens (tertiary/aromatic N) is 1. The Labute approximate surface area is 122 Å². The SMILES string of the molecule is CN(CCC(N)=S)C(=O)COc1ccc2c(c1)OCO2. The van der Waals surface area contributed by atoms with E-state index in [4.69, 9.17) is 32.2 Å². The first-order chi connectivity index (χ1) is 9.56. The minimum Gasteiger partial charge on any atom is -0.484 e. The molecule has 0 aliphatic carbocycles. The Hall–Kier alpha value is -2.02. The normalized spacial score (nSPS) is 12.1. The third-order valence-corrected chi connectivity index (χ3v) is 3.03. The van der Waals surface area contributed by atoms with Crippen molar-refractivity contribution in [1.82, 2.24) is 4.90 Å². The first-order valence-electron chi connectivity index (χ1n) is 6.11. The van der Waals surface area contributed by atoms with Gasteiger partial charge in [0, 0.05) is 26.1 Å². The van der Waals surface area contributed by atoms with Gasteiger partial charge in [0.1, 0.15) is 5.75 Å². The van der Waals surface area contributed by atoms with Crippen LogP contribution in [0.3, 0.4) is 0 Å². The summed E-state index contributed by atoms with van der Waals surface area (Å²) in [5, 5.41) is 0. The Kier molecular flexibility index (Phi) is 4.62. The smallest absolute Gasteiger partial charge is 0.260 e. The van der Waals surface area contributed by atoms with Crippen LogP contribution in [0, 0.1) is 0 Å². The third kappa shape index (κ3) is 3.74. The van der Waals surface area contributed by atoms with Gasteiger partial charge in [0.2, 0.25) is 6.79 Å². The Morgan fingerprint density at radius 2 is 2.20 bits per heavy atom. The van der Waals surface area contributed by atoms with Gasteiger partial charge in [0.05, 0.1) is 4.99 Å². The van der Waals surface area contributed by atoms with E-state index >= 15 is 0 Å². The van der Waals surface area contributed by atoms with Crippen LogP contribution in [0.25, 0.3) is 0 Å². The van der Waals surface area contributed by atoms with Crippen LogP contribution in [0.4, 0.5) is 0 Å². The van der Waals surface area contributed by atoms with E-state index in [1.165, 1.54) is 4.90 Å². The third-order valence-electron chi connectivity index (χ3n) is 2.83. The summed E-state index contributed by atoms with van der Waals surface area (Å²) < 4.78 is 15.9. The second-order valence-electron chi connectivity index (χ2n) is 4.34. The van der Waals surface area contributed by atoms with Gasteiger partial charge in [-0.3, -0.25) is 4.79 Å². The molecule has 1 aromatic carbocycles. The number of hydrogen-bond donors (Lipinski definition) is 1. The fraction of sp³-hybridized carbons (Fsp3) is 0.385. The number of hydrogen-bond acceptors (Lipinski definition) is 5. The summed E-state index contributed by atoms with van der Waals surface area (Å²) in [6, 6.07) is 5.18. The number of carbonyl (C=O) groups excluding carboxylic acids is 1. The van der Waals surface area contributed by atoms with Crippen LogP contribution in [-0.4, -0.2) is 42.8 Å². The predicted molar refractivity (Wildman–Crippen MR) is 77.1 cm³/mol. The van der Waals surface area contributed by atoms with E-state index < -0.39 is 0 Å². The molecule has 6 nitrogen and oxygen atoms in total. The molecule has 0 fully saturated rings. The van der Waals surface area contributed by atoms with E-state index in [-0.39, 0.29) is 19.3 Å². The number of ether oxygens (including phenoxy) is 3. The van der Waals surface area contributed by atoms with Crippen molar-refractivity contribution < 1.29 is 19.0 Å². The lowest BCUT2D eigenvalue weighted by Gasteiger charge is -2.17. The molecular weight excluding hydrogens is 280 g/mol. The summed E-state index contributed by atoms with van der Waals surface area (Å²) in [5.74, 6) is 1.72. The molecular formula is C13H16N2O4S. The maximum atomic E-state index is 11.8. The molecule has 1 amide bonds. The lowest BCUT2D eigenvalue weighted by atomic mass is 10.3. The van der Waals surface area contributed by atoms with Gasteiger partial charge >= 0.3 is 0 Å². The number of likely N-dealkylation sites (N-methyl/N-ethyl adjacent to an activating group) is 1. The zero-order chi connectivity index (χ0) is 14.5. The van der Waals surface area contributed by atoms with E-state index in [0.717, 1.165) is 0 Å². The summed E-state index contributed by atoms with van der Waals surface area (Å²) in [6.45, 7) is 0.644. The number of thiocarbonyl (C=S) groups is 1. The van der Waals surface area contributed by atoms with Crippen molar-refractivity contribution in [2.75, 3.05) is 27.0 Å². The number of benzene rings is 1. The van der Waals surface area contributed by atoms with Crippen LogP contribution in [0.5, 0.6) is 17.2 Å². The maximum Gasteiger partial charge on any atom is 0.260 e. The lowest BCUT2D eigenvalue weighted by molar-refractivity contribution is -0.131. The highest BCUT2D eigenvalue weighted by atomic mass is 32.1. The molecule has 0 saturated heterocycles. The molecule has 20 heavy (non-hydrogen) atoms. The van der Waals surface area contributed by atoms with Gasteiger partial charge in [-0.2, -0.15) is 0 Å². The van der Waals surface area contributed by atoms with Crippen LogP contribution in [0.1, 0.15) is 6.42 Å². The maximum absolute atomic E-state index is 11.8. The van der Waals surface area contributed by atoms with Crippen LogP contribution in [0.2, 0.25) is 0 Å². The summed E-state index contributed by atoms with van der Waals surface area (Å²) in [6.07, 6.45) is 0.502. The zero-order valence-corrected chi connectivity index (χ0v) is 11.9. The number of carbonyl (C=O) groups is 1. The highest BCUT2D eigenvalue weighted by molar-refractivity contribution is 7.80. The van der Waals surface area contributed by atoms with Crippen molar-refractivity contribution in [3.05, 3.63) is 18.2 Å². The minimum atomic E-state index is -0.140. The van der Waals surface area contributed by atoms with Crippen molar-refractivity contribution >= 4 is 23.1 Å². The Morgan fingerprint density at radius 3 is 2.95 bits per heavy atom. The van der Waals surface area contributed by atoms with E-state index in [2.05, 4.69) is 0 Å². The van der Waals surface area contributed by atoms with Gasteiger partial charge in [-0.15, -0.1) is 0 Å². The fourth-order valence-electron chi connectivity index (χ4n) is 1.62. The van der Waals surface area contributed by atoms with Gasteiger partial charge in [0.15, 0.2) is 18.1 Å². The fourth-order valence-corrected chi connectivity index (χ4v) is 1.72. The average molecular weight is 296 g/mol. The second kappa shape index (κ2) is 6.42. The first kappa shape index (κ1) is 14.4. The van der Waals surface area contributed by atoms with E-state index in [1.54, 1.807) is 25.2 Å². The summed E-state index contributed by atoms with van der Waals surface area (Å²) >= 11 is 4.77. The van der Waals surface area contributed by atoms with Crippen molar-refractivity contribution in [1.29, 1.82) is 0 Å². The minimum absolute atomic E-state index is 0.0481. The molecule has 0 radical (unpaired) electrons. The Balaban J connectivity index is 1.82. The number of amides is 1. The van der Waals surface area contributed by atoms with Crippen molar-refractivity contribution in [2.24, 2.45) is 5.73 Å². The molecule has 7 heteroatoms. The lowest BCUT2D eigenvalue weighted by Crippen LogP contribution is -2.33. The largest absolute Gasteiger partial charge is 0.484 e. The van der Waals surface area contributed by atoms with Gasteiger partial charge in [-0.25, -0.2) is 0 Å². The molecule has 108 valence electrons. The molecule has 0 unspecified atom stereocenters. The van der Waals surface area contributed by atoms with Crippen LogP contribution in [0.15, 0.2) is 18.2 Å². The standard InChI is InChI=1S/C13H16N2O4S/c1-15(5-4-12(14)20)13(16)7-17-9-2-3-10-11(6-9)19-8-18-10/h2-3,6H,4-5,7-8H2,1H3,(H2,14,20). The highest BCUT2D eigenvalue weighted by Gasteiger charge is 2.15. The molecule has 1 aliphatic rings. The molecule has 2 rings (SSSR count).